The fourth-order valence-electron chi connectivity index (χ4n) is 1.59. The standard InChI is InChI=1S/C14H12N2O4.2BrH.Ni/c1-19-13(17)11-7-3-5-9(15-11)10-6-4-8-12(16-10)14(18)20-2;;;/h3-8H,1-2H3;2*1H;/q;;;+2/p-2. The summed E-state index contributed by atoms with van der Waals surface area (Å²) in [7, 11) is 3.82. The van der Waals surface area contributed by atoms with Crippen molar-refractivity contribution in [3.8, 4) is 11.4 Å². The Kier molecular flexibility index (Phi) is 8.98. The second-order valence-corrected chi connectivity index (χ2v) is 8.83. The average Bonchev–Trinajstić information content (AvgIpc) is 2.61. The van der Waals surface area contributed by atoms with Crippen LogP contribution < -0.4 is 0 Å². The van der Waals surface area contributed by atoms with Crippen LogP contribution in [0.3, 0.4) is 0 Å². The van der Waals surface area contributed by atoms with E-state index in [1.54, 1.807) is 36.4 Å². The summed E-state index contributed by atoms with van der Waals surface area (Å²) in [6, 6.07) is 9.80. The summed E-state index contributed by atoms with van der Waals surface area (Å²) < 4.78 is 9.22. The molecule has 2 rings (SSSR count). The van der Waals surface area contributed by atoms with Crippen molar-refractivity contribution in [3.05, 3.63) is 47.8 Å². The Bertz CT molecular complexity index is 628. The number of carbonyl (C=O) groups excluding carboxylic acids is 2. The van der Waals surface area contributed by atoms with Gasteiger partial charge >= 0.3 is 51.3 Å². The van der Waals surface area contributed by atoms with Gasteiger partial charge in [0.05, 0.1) is 25.6 Å². The summed E-state index contributed by atoms with van der Waals surface area (Å²) in [6.45, 7) is 0. The van der Waals surface area contributed by atoms with Crippen LogP contribution in [0.25, 0.3) is 11.4 Å². The molecule has 9 heteroatoms. The average molecular weight is 491 g/mol. The number of nitrogens with zero attached hydrogens (tertiary/aromatic N) is 2. The molecule has 0 saturated heterocycles. The predicted octanol–water partition coefficient (Wildman–Crippen LogP) is 3.41. The van der Waals surface area contributed by atoms with Gasteiger partial charge in [-0.3, -0.25) is 0 Å². The van der Waals surface area contributed by atoms with Crippen molar-refractivity contribution in [2.75, 3.05) is 14.2 Å². The minimum atomic E-state index is -0.532. The van der Waals surface area contributed by atoms with E-state index in [9.17, 15) is 9.59 Å². The van der Waals surface area contributed by atoms with Crippen molar-refractivity contribution in [3.63, 3.8) is 0 Å². The van der Waals surface area contributed by atoms with Gasteiger partial charge in [0, 0.05) is 0 Å². The van der Waals surface area contributed by atoms with Gasteiger partial charge in [-0.15, -0.1) is 0 Å². The molecule has 0 N–H and O–H groups in total. The predicted molar refractivity (Wildman–Crippen MR) is 88.0 cm³/mol. The van der Waals surface area contributed by atoms with E-state index in [1.807, 2.05) is 0 Å². The van der Waals surface area contributed by atoms with E-state index in [-0.39, 0.29) is 11.4 Å². The van der Waals surface area contributed by atoms with Crippen molar-refractivity contribution in [1.29, 1.82) is 0 Å². The van der Waals surface area contributed by atoms with Crippen molar-refractivity contribution in [2.24, 2.45) is 0 Å². The molecule has 23 heavy (non-hydrogen) atoms. The SMILES string of the molecule is COC(=O)c1cccc(-c2cccc(C(=O)OC)n2)n1.[Br][Ni][Br]. The summed E-state index contributed by atoms with van der Waals surface area (Å²) in [6.07, 6.45) is 0. The fourth-order valence-corrected chi connectivity index (χ4v) is 1.59. The molecule has 0 aliphatic heterocycles. The molecule has 2 aromatic heterocycles. The molecule has 6 nitrogen and oxygen atoms in total. The van der Waals surface area contributed by atoms with Gasteiger partial charge in [0.25, 0.3) is 0 Å². The number of carbonyl (C=O) groups is 2. The maximum atomic E-state index is 11.4. The number of esters is 2. The van der Waals surface area contributed by atoms with Gasteiger partial charge < -0.3 is 9.47 Å². The summed E-state index contributed by atoms with van der Waals surface area (Å²) in [4.78, 5) is 31.2. The number of ether oxygens (including phenoxy) is 2. The third-order valence-electron chi connectivity index (χ3n) is 2.55. The summed E-state index contributed by atoms with van der Waals surface area (Å²) >= 11 is 6.00. The third kappa shape index (κ3) is 6.01. The first-order valence-corrected chi connectivity index (χ1v) is 10.9. The van der Waals surface area contributed by atoms with Gasteiger partial charge in [0.15, 0.2) is 0 Å². The molecular formula is C14H12Br2N2NiO4. The molecular weight excluding hydrogens is 479 g/mol. The fraction of sp³-hybridized carbons (Fsp3) is 0.143. The molecule has 0 aliphatic rings. The van der Waals surface area contributed by atoms with Crippen LogP contribution in [0.5, 0.6) is 0 Å². The van der Waals surface area contributed by atoms with E-state index >= 15 is 0 Å². The monoisotopic (exact) mass is 488 g/mol. The molecule has 2 heterocycles. The number of methoxy groups -OCH3 is 2. The first-order valence-electron chi connectivity index (χ1n) is 6.00. The second-order valence-electron chi connectivity index (χ2n) is 3.84. The molecule has 0 amide bonds. The zero-order valence-electron chi connectivity index (χ0n) is 12.1. The molecule has 0 saturated carbocycles. The van der Waals surface area contributed by atoms with E-state index in [2.05, 4.69) is 47.9 Å². The Morgan fingerprint density at radius 3 is 1.52 bits per heavy atom. The minimum absolute atomic E-state index is 0.176. The van der Waals surface area contributed by atoms with Crippen molar-refractivity contribution < 1.29 is 30.0 Å². The summed E-state index contributed by atoms with van der Waals surface area (Å²) in [5, 5.41) is 0. The molecule has 0 bridgehead atoms. The van der Waals surface area contributed by atoms with E-state index < -0.39 is 11.9 Å². The van der Waals surface area contributed by atoms with Crippen LogP contribution in [-0.2, 0) is 20.4 Å². The topological polar surface area (TPSA) is 78.4 Å². The van der Waals surface area contributed by atoms with Gasteiger partial charge in [0.1, 0.15) is 11.4 Å². The van der Waals surface area contributed by atoms with Gasteiger partial charge in [-0.2, -0.15) is 0 Å². The van der Waals surface area contributed by atoms with Gasteiger partial charge in [-0.05, 0) is 24.3 Å². The molecule has 0 aliphatic carbocycles. The zero-order valence-corrected chi connectivity index (χ0v) is 16.2. The Hall–Kier alpha value is -1.31. The summed E-state index contributed by atoms with van der Waals surface area (Å²) in [5.41, 5.74) is 1.29. The molecule has 0 aromatic carbocycles. The van der Waals surface area contributed by atoms with E-state index in [1.165, 1.54) is 25.1 Å². The van der Waals surface area contributed by atoms with Crippen molar-refractivity contribution in [2.45, 2.75) is 0 Å². The van der Waals surface area contributed by atoms with Crippen LogP contribution >= 0.6 is 28.5 Å². The van der Waals surface area contributed by atoms with Crippen LogP contribution in [0.1, 0.15) is 21.0 Å². The van der Waals surface area contributed by atoms with E-state index in [0.29, 0.717) is 11.4 Å². The zero-order chi connectivity index (χ0) is 17.2. The Morgan fingerprint density at radius 2 is 1.22 bits per heavy atom. The molecule has 0 atom stereocenters. The number of hydrogen-bond acceptors (Lipinski definition) is 6. The number of hydrogen-bond donors (Lipinski definition) is 0. The number of aromatic nitrogens is 2. The van der Waals surface area contributed by atoms with Crippen LogP contribution in [0.4, 0.5) is 0 Å². The Morgan fingerprint density at radius 1 is 0.870 bits per heavy atom. The Labute approximate surface area is 153 Å². The molecule has 0 fully saturated rings. The third-order valence-corrected chi connectivity index (χ3v) is 2.55. The quantitative estimate of drug-likeness (QED) is 0.485. The Balaban J connectivity index is 0.000000816. The van der Waals surface area contributed by atoms with E-state index in [0.717, 1.165) is 0 Å². The van der Waals surface area contributed by atoms with Crippen molar-refractivity contribution >= 4 is 40.4 Å². The molecule has 0 unspecified atom stereocenters. The van der Waals surface area contributed by atoms with Crippen LogP contribution in [0, 0.1) is 0 Å². The van der Waals surface area contributed by atoms with Crippen LogP contribution in [0.2, 0.25) is 0 Å². The van der Waals surface area contributed by atoms with Crippen LogP contribution in [0.15, 0.2) is 36.4 Å². The van der Waals surface area contributed by atoms with Gasteiger partial charge in [0.2, 0.25) is 0 Å². The van der Waals surface area contributed by atoms with Crippen molar-refractivity contribution in [1.82, 2.24) is 9.97 Å². The second kappa shape index (κ2) is 10.5. The normalized spacial score (nSPS) is 9.57. The maximum absolute atomic E-state index is 11.4. The number of pyridine rings is 2. The first kappa shape index (κ1) is 19.7. The van der Waals surface area contributed by atoms with Gasteiger partial charge in [-0.1, -0.05) is 12.1 Å². The molecule has 0 radical (unpaired) electrons. The van der Waals surface area contributed by atoms with Gasteiger partial charge in [-0.25, -0.2) is 19.6 Å². The number of halogens is 2. The molecule has 2 aromatic rings. The summed E-state index contributed by atoms with van der Waals surface area (Å²) in [5.74, 6) is -1.06. The molecule has 126 valence electrons. The number of rotatable bonds is 3. The van der Waals surface area contributed by atoms with Crippen LogP contribution in [-0.4, -0.2) is 36.1 Å². The van der Waals surface area contributed by atoms with E-state index in [4.69, 9.17) is 0 Å². The molecule has 0 spiro atoms. The first-order chi connectivity index (χ1) is 11.1.